The predicted molar refractivity (Wildman–Crippen MR) is 109 cm³/mol. The molecule has 1 aliphatic rings. The fourth-order valence-electron chi connectivity index (χ4n) is 3.13. The topological polar surface area (TPSA) is 49.4 Å². The average Bonchev–Trinajstić information content (AvgIpc) is 2.68. The molecule has 0 atom stereocenters. The third-order valence-electron chi connectivity index (χ3n) is 4.70. The van der Waals surface area contributed by atoms with Gasteiger partial charge in [0.1, 0.15) is 5.82 Å². The molecule has 7 heteroatoms. The summed E-state index contributed by atoms with van der Waals surface area (Å²) in [4.78, 5) is 26.7. The number of hydrogen-bond donors (Lipinski definition) is 1. The van der Waals surface area contributed by atoms with Gasteiger partial charge in [-0.1, -0.05) is 31.9 Å². The van der Waals surface area contributed by atoms with Crippen molar-refractivity contribution in [3.8, 4) is 0 Å². The Hall–Kier alpha value is -1.73. The van der Waals surface area contributed by atoms with Gasteiger partial charge in [0.2, 0.25) is 5.91 Å². The van der Waals surface area contributed by atoms with Gasteiger partial charge in [0.15, 0.2) is 0 Å². The van der Waals surface area contributed by atoms with Crippen LogP contribution in [0.2, 0.25) is 0 Å². The summed E-state index contributed by atoms with van der Waals surface area (Å²) in [6.45, 7) is 1.38. The maximum absolute atomic E-state index is 13.3. The third-order valence-corrected chi connectivity index (χ3v) is 6.01. The molecule has 2 aromatic rings. The van der Waals surface area contributed by atoms with Crippen LogP contribution in [0.4, 0.5) is 4.39 Å². The molecule has 3 rings (SSSR count). The lowest BCUT2D eigenvalue weighted by molar-refractivity contribution is -0.126. The zero-order valence-corrected chi connectivity index (χ0v) is 17.7. The number of piperidine rings is 1. The minimum absolute atomic E-state index is 0.00921. The molecule has 2 amide bonds. The van der Waals surface area contributed by atoms with Gasteiger partial charge < -0.3 is 10.2 Å². The summed E-state index contributed by atoms with van der Waals surface area (Å²) in [7, 11) is 0. The van der Waals surface area contributed by atoms with Crippen molar-refractivity contribution in [2.24, 2.45) is 5.92 Å². The van der Waals surface area contributed by atoms with Gasteiger partial charge in [-0.05, 0) is 60.9 Å². The number of amides is 2. The first-order valence-corrected chi connectivity index (χ1v) is 10.3. The van der Waals surface area contributed by atoms with Gasteiger partial charge in [-0.2, -0.15) is 0 Å². The molecule has 4 nitrogen and oxygen atoms in total. The lowest BCUT2D eigenvalue weighted by atomic mass is 9.95. The highest BCUT2D eigenvalue weighted by Gasteiger charge is 2.27. The molecule has 0 radical (unpaired) electrons. The summed E-state index contributed by atoms with van der Waals surface area (Å²) in [5.41, 5.74) is 1.35. The van der Waals surface area contributed by atoms with Crippen LogP contribution in [0.3, 0.4) is 0 Å². The van der Waals surface area contributed by atoms with Gasteiger partial charge in [0.25, 0.3) is 5.91 Å². The lowest BCUT2D eigenvalue weighted by Crippen LogP contribution is -2.42. The van der Waals surface area contributed by atoms with E-state index >= 15 is 0 Å². The highest BCUT2D eigenvalue weighted by Crippen LogP contribution is 2.21. The SMILES string of the molecule is O=C(NCc1cc(F)ccc1Br)C1CCN(C(=O)c2ccc(Br)cc2)CC1. The Labute approximate surface area is 174 Å². The molecular formula is C20H19Br2FN2O2. The van der Waals surface area contributed by atoms with E-state index in [1.165, 1.54) is 12.1 Å². The average molecular weight is 498 g/mol. The monoisotopic (exact) mass is 496 g/mol. The number of benzene rings is 2. The normalized spacial score (nSPS) is 14.9. The number of rotatable bonds is 4. The third kappa shape index (κ3) is 5.17. The molecule has 1 saturated heterocycles. The summed E-state index contributed by atoms with van der Waals surface area (Å²) >= 11 is 6.72. The molecule has 0 aromatic heterocycles. The highest BCUT2D eigenvalue weighted by atomic mass is 79.9. The van der Waals surface area contributed by atoms with E-state index in [1.807, 2.05) is 12.1 Å². The molecule has 0 bridgehead atoms. The zero-order chi connectivity index (χ0) is 19.4. The second-order valence-electron chi connectivity index (χ2n) is 6.53. The van der Waals surface area contributed by atoms with Gasteiger partial charge in [-0.15, -0.1) is 0 Å². The summed E-state index contributed by atoms with van der Waals surface area (Å²) in [6, 6.07) is 11.7. The first-order chi connectivity index (χ1) is 12.9. The zero-order valence-electron chi connectivity index (χ0n) is 14.6. The van der Waals surface area contributed by atoms with E-state index in [0.717, 1.165) is 8.95 Å². The van der Waals surface area contributed by atoms with Crippen molar-refractivity contribution < 1.29 is 14.0 Å². The fraction of sp³-hybridized carbons (Fsp3) is 0.300. The number of carbonyl (C=O) groups is 2. The number of nitrogens with one attached hydrogen (secondary N) is 1. The smallest absolute Gasteiger partial charge is 0.253 e. The van der Waals surface area contributed by atoms with Gasteiger partial charge in [-0.3, -0.25) is 9.59 Å². The van der Waals surface area contributed by atoms with Crippen molar-refractivity contribution in [1.29, 1.82) is 0 Å². The quantitative estimate of drug-likeness (QED) is 0.675. The lowest BCUT2D eigenvalue weighted by Gasteiger charge is -2.31. The molecule has 1 aliphatic heterocycles. The van der Waals surface area contributed by atoms with Gasteiger partial charge in [-0.25, -0.2) is 4.39 Å². The molecule has 27 heavy (non-hydrogen) atoms. The largest absolute Gasteiger partial charge is 0.352 e. The Morgan fingerprint density at radius 1 is 1.07 bits per heavy atom. The van der Waals surface area contributed by atoms with Crippen molar-refractivity contribution in [2.45, 2.75) is 19.4 Å². The number of nitrogens with zero attached hydrogens (tertiary/aromatic N) is 1. The van der Waals surface area contributed by atoms with E-state index in [1.54, 1.807) is 23.1 Å². The van der Waals surface area contributed by atoms with E-state index in [4.69, 9.17) is 0 Å². The van der Waals surface area contributed by atoms with Gasteiger partial charge in [0.05, 0.1) is 0 Å². The number of likely N-dealkylation sites (tertiary alicyclic amines) is 1. The van der Waals surface area contributed by atoms with E-state index in [2.05, 4.69) is 37.2 Å². The van der Waals surface area contributed by atoms with Crippen LogP contribution in [0, 0.1) is 11.7 Å². The van der Waals surface area contributed by atoms with Crippen molar-refractivity contribution in [1.82, 2.24) is 10.2 Å². The summed E-state index contributed by atoms with van der Waals surface area (Å²) in [6.07, 6.45) is 1.25. The highest BCUT2D eigenvalue weighted by molar-refractivity contribution is 9.10. The molecule has 2 aromatic carbocycles. The van der Waals surface area contributed by atoms with Crippen molar-refractivity contribution in [2.75, 3.05) is 13.1 Å². The van der Waals surface area contributed by atoms with E-state index in [-0.39, 0.29) is 30.1 Å². The summed E-state index contributed by atoms with van der Waals surface area (Å²) in [5, 5.41) is 2.87. The molecule has 0 spiro atoms. The van der Waals surface area contributed by atoms with Crippen LogP contribution in [0.25, 0.3) is 0 Å². The number of carbonyl (C=O) groups excluding carboxylic acids is 2. The summed E-state index contributed by atoms with van der Waals surface area (Å²) < 4.78 is 15.0. The Bertz CT molecular complexity index is 834. The van der Waals surface area contributed by atoms with Crippen LogP contribution in [0.5, 0.6) is 0 Å². The van der Waals surface area contributed by atoms with Crippen LogP contribution in [-0.2, 0) is 11.3 Å². The maximum atomic E-state index is 13.3. The molecular weight excluding hydrogens is 479 g/mol. The maximum Gasteiger partial charge on any atom is 0.253 e. The number of halogens is 3. The van der Waals surface area contributed by atoms with Crippen LogP contribution >= 0.6 is 31.9 Å². The Morgan fingerprint density at radius 2 is 1.74 bits per heavy atom. The van der Waals surface area contributed by atoms with E-state index in [0.29, 0.717) is 37.1 Å². The molecule has 0 unspecified atom stereocenters. The minimum atomic E-state index is -0.331. The van der Waals surface area contributed by atoms with Gasteiger partial charge >= 0.3 is 0 Å². The molecule has 1 heterocycles. The van der Waals surface area contributed by atoms with Crippen LogP contribution in [0.1, 0.15) is 28.8 Å². The standard InChI is InChI=1S/C20H19Br2FN2O2/c21-16-3-1-14(2-4-16)20(27)25-9-7-13(8-10-25)19(26)24-12-15-11-17(23)5-6-18(15)22/h1-6,11,13H,7-10,12H2,(H,24,26). The molecule has 1 N–H and O–H groups in total. The first kappa shape index (κ1) is 20.0. The van der Waals surface area contributed by atoms with E-state index in [9.17, 15) is 14.0 Å². The summed E-state index contributed by atoms with van der Waals surface area (Å²) in [5.74, 6) is -0.527. The van der Waals surface area contributed by atoms with Gasteiger partial charge in [0, 0.05) is 40.1 Å². The van der Waals surface area contributed by atoms with Crippen molar-refractivity contribution in [3.05, 3.63) is 68.4 Å². The van der Waals surface area contributed by atoms with Crippen molar-refractivity contribution >= 4 is 43.7 Å². The predicted octanol–water partition coefficient (Wildman–Crippen LogP) is 4.52. The second kappa shape index (κ2) is 8.97. The Balaban J connectivity index is 1.51. The second-order valence-corrected chi connectivity index (χ2v) is 8.30. The van der Waals surface area contributed by atoms with Crippen molar-refractivity contribution in [3.63, 3.8) is 0 Å². The number of hydrogen-bond acceptors (Lipinski definition) is 2. The van der Waals surface area contributed by atoms with E-state index < -0.39 is 0 Å². The Kier molecular flexibility index (Phi) is 6.65. The van der Waals surface area contributed by atoms with Crippen LogP contribution in [0.15, 0.2) is 51.4 Å². The Morgan fingerprint density at radius 3 is 2.41 bits per heavy atom. The first-order valence-electron chi connectivity index (χ1n) is 8.70. The molecule has 142 valence electrons. The fourth-order valence-corrected chi connectivity index (χ4v) is 3.78. The molecule has 1 fully saturated rings. The minimum Gasteiger partial charge on any atom is -0.352 e. The van der Waals surface area contributed by atoms with Crippen LogP contribution in [-0.4, -0.2) is 29.8 Å². The van der Waals surface area contributed by atoms with Crippen LogP contribution < -0.4 is 5.32 Å². The molecule has 0 aliphatic carbocycles. The molecule has 0 saturated carbocycles.